The average molecular weight is 390 g/mol. The van der Waals surface area contributed by atoms with Crippen molar-refractivity contribution in [2.45, 2.75) is 19.3 Å². The standard InChI is InChI=1S/C18H22N4O4S/c1-27(24,25)7-3-6-26-16-9-15(10-20-12-16)14-8-13-4-2-5-22(18(19)23)17(13)21-11-14/h8-12H,2-7H2,1H3,(H2,19,23). The highest BCUT2D eigenvalue weighted by atomic mass is 32.2. The molecule has 0 saturated heterocycles. The average Bonchev–Trinajstić information content (AvgIpc) is 2.63. The van der Waals surface area contributed by atoms with E-state index in [1.165, 1.54) is 11.2 Å². The molecular weight excluding hydrogens is 368 g/mol. The fourth-order valence-electron chi connectivity index (χ4n) is 3.00. The number of urea groups is 1. The zero-order valence-corrected chi connectivity index (χ0v) is 15.9. The van der Waals surface area contributed by atoms with Crippen LogP contribution in [0.4, 0.5) is 10.6 Å². The van der Waals surface area contributed by atoms with Crippen LogP contribution >= 0.6 is 0 Å². The summed E-state index contributed by atoms with van der Waals surface area (Å²) in [6.07, 6.45) is 8.28. The number of nitrogens with two attached hydrogens (primary N) is 1. The second-order valence-electron chi connectivity index (χ2n) is 6.54. The van der Waals surface area contributed by atoms with Gasteiger partial charge in [-0.2, -0.15) is 0 Å². The quantitative estimate of drug-likeness (QED) is 0.752. The number of carbonyl (C=O) groups excluding carboxylic acids is 1. The van der Waals surface area contributed by atoms with Crippen molar-refractivity contribution in [3.8, 4) is 16.9 Å². The van der Waals surface area contributed by atoms with Crippen molar-refractivity contribution >= 4 is 21.7 Å². The van der Waals surface area contributed by atoms with Gasteiger partial charge < -0.3 is 10.5 Å². The summed E-state index contributed by atoms with van der Waals surface area (Å²) in [6.45, 7) is 0.876. The summed E-state index contributed by atoms with van der Waals surface area (Å²) in [5.74, 6) is 1.27. The first kappa shape index (κ1) is 19.1. The predicted octanol–water partition coefficient (Wildman–Crippen LogP) is 1.79. The number of sulfone groups is 1. The maximum Gasteiger partial charge on any atom is 0.320 e. The molecule has 1 aliphatic rings. The molecule has 3 heterocycles. The van der Waals surface area contributed by atoms with Crippen LogP contribution in [0, 0.1) is 0 Å². The van der Waals surface area contributed by atoms with E-state index < -0.39 is 15.9 Å². The number of carbonyl (C=O) groups is 1. The zero-order valence-electron chi connectivity index (χ0n) is 15.1. The number of hydrogen-bond acceptors (Lipinski definition) is 6. The van der Waals surface area contributed by atoms with E-state index in [0.717, 1.165) is 29.5 Å². The zero-order chi connectivity index (χ0) is 19.4. The molecule has 0 fully saturated rings. The van der Waals surface area contributed by atoms with Gasteiger partial charge >= 0.3 is 6.03 Å². The van der Waals surface area contributed by atoms with Crippen molar-refractivity contribution in [1.82, 2.24) is 9.97 Å². The third kappa shape index (κ3) is 4.94. The molecule has 1 aliphatic heterocycles. The van der Waals surface area contributed by atoms with Crippen LogP contribution in [0.25, 0.3) is 11.1 Å². The number of nitrogens with zero attached hydrogens (tertiary/aromatic N) is 3. The van der Waals surface area contributed by atoms with E-state index in [0.29, 0.717) is 31.1 Å². The molecular formula is C18H22N4O4S. The third-order valence-corrected chi connectivity index (χ3v) is 5.30. The minimum atomic E-state index is -2.99. The van der Waals surface area contributed by atoms with E-state index in [4.69, 9.17) is 10.5 Å². The second kappa shape index (κ2) is 7.91. The highest BCUT2D eigenvalue weighted by Gasteiger charge is 2.22. The van der Waals surface area contributed by atoms with Crippen molar-refractivity contribution < 1.29 is 17.9 Å². The van der Waals surface area contributed by atoms with Crippen molar-refractivity contribution in [2.24, 2.45) is 5.73 Å². The van der Waals surface area contributed by atoms with E-state index in [9.17, 15) is 13.2 Å². The summed E-state index contributed by atoms with van der Waals surface area (Å²) in [7, 11) is -2.99. The molecule has 144 valence electrons. The van der Waals surface area contributed by atoms with E-state index in [1.807, 2.05) is 12.1 Å². The van der Waals surface area contributed by atoms with E-state index in [1.54, 1.807) is 18.6 Å². The fraction of sp³-hybridized carbons (Fsp3) is 0.389. The lowest BCUT2D eigenvalue weighted by atomic mass is 10.0. The molecule has 0 saturated carbocycles. The summed E-state index contributed by atoms with van der Waals surface area (Å²) in [5, 5.41) is 0. The van der Waals surface area contributed by atoms with Gasteiger partial charge in [-0.25, -0.2) is 18.2 Å². The van der Waals surface area contributed by atoms with Crippen LogP contribution < -0.4 is 15.4 Å². The van der Waals surface area contributed by atoms with Crippen molar-refractivity contribution in [3.63, 3.8) is 0 Å². The predicted molar refractivity (Wildman–Crippen MR) is 103 cm³/mol. The van der Waals surface area contributed by atoms with Crippen LogP contribution in [0.3, 0.4) is 0 Å². The minimum absolute atomic E-state index is 0.0885. The number of primary amides is 1. The number of fused-ring (bicyclic) bond motifs is 1. The maximum absolute atomic E-state index is 11.5. The Labute approximate surface area is 158 Å². The molecule has 9 heteroatoms. The first-order valence-electron chi connectivity index (χ1n) is 8.65. The van der Waals surface area contributed by atoms with Crippen LogP contribution in [0.15, 0.2) is 30.7 Å². The summed E-state index contributed by atoms with van der Waals surface area (Å²) < 4.78 is 27.9. The highest BCUT2D eigenvalue weighted by molar-refractivity contribution is 7.90. The van der Waals surface area contributed by atoms with Crippen LogP contribution in [-0.4, -0.2) is 49.6 Å². The molecule has 0 atom stereocenters. The summed E-state index contributed by atoms with van der Waals surface area (Å²) in [6, 6.07) is 3.33. The lowest BCUT2D eigenvalue weighted by Gasteiger charge is -2.26. The first-order chi connectivity index (χ1) is 12.8. The topological polar surface area (TPSA) is 115 Å². The number of ether oxygens (including phenoxy) is 1. The molecule has 8 nitrogen and oxygen atoms in total. The molecule has 0 aliphatic carbocycles. The van der Waals surface area contributed by atoms with E-state index >= 15 is 0 Å². The molecule has 0 bridgehead atoms. The Bertz CT molecular complexity index is 946. The van der Waals surface area contributed by atoms with Gasteiger partial charge in [0, 0.05) is 36.3 Å². The number of aryl methyl sites for hydroxylation is 1. The second-order valence-corrected chi connectivity index (χ2v) is 8.80. The molecule has 2 amide bonds. The van der Waals surface area contributed by atoms with Crippen LogP contribution in [0.2, 0.25) is 0 Å². The molecule has 0 radical (unpaired) electrons. The Hall–Kier alpha value is -2.68. The number of rotatable bonds is 6. The highest BCUT2D eigenvalue weighted by Crippen LogP contribution is 2.30. The molecule has 27 heavy (non-hydrogen) atoms. The Morgan fingerprint density at radius 2 is 2.04 bits per heavy atom. The molecule has 0 aromatic carbocycles. The van der Waals surface area contributed by atoms with Gasteiger partial charge in [0.1, 0.15) is 21.4 Å². The number of anilines is 1. The number of aromatic nitrogens is 2. The van der Waals surface area contributed by atoms with Crippen molar-refractivity contribution in [3.05, 3.63) is 36.3 Å². The summed E-state index contributed by atoms with van der Waals surface area (Å²) >= 11 is 0. The van der Waals surface area contributed by atoms with Gasteiger partial charge in [0.25, 0.3) is 0 Å². The molecule has 2 aromatic rings. The Balaban J connectivity index is 1.74. The minimum Gasteiger partial charge on any atom is -0.492 e. The van der Waals surface area contributed by atoms with Gasteiger partial charge in [-0.3, -0.25) is 9.88 Å². The van der Waals surface area contributed by atoms with Gasteiger partial charge in [0.15, 0.2) is 0 Å². The maximum atomic E-state index is 11.5. The Morgan fingerprint density at radius 3 is 2.78 bits per heavy atom. The van der Waals surface area contributed by atoms with Gasteiger partial charge in [0.2, 0.25) is 0 Å². The number of pyridine rings is 2. The van der Waals surface area contributed by atoms with Crippen LogP contribution in [0.5, 0.6) is 5.75 Å². The molecule has 3 rings (SSSR count). The van der Waals surface area contributed by atoms with Gasteiger partial charge in [-0.15, -0.1) is 0 Å². The SMILES string of the molecule is CS(=O)(=O)CCCOc1cncc(-c2cnc3c(c2)CCCN3C(N)=O)c1. The van der Waals surface area contributed by atoms with Crippen LogP contribution in [0.1, 0.15) is 18.4 Å². The molecule has 2 N–H and O–H groups in total. The summed E-state index contributed by atoms with van der Waals surface area (Å²) in [5.41, 5.74) is 8.09. The third-order valence-electron chi connectivity index (χ3n) is 4.27. The monoisotopic (exact) mass is 390 g/mol. The van der Waals surface area contributed by atoms with Crippen LogP contribution in [-0.2, 0) is 16.3 Å². The van der Waals surface area contributed by atoms with Gasteiger partial charge in [-0.05, 0) is 37.0 Å². The Morgan fingerprint density at radius 1 is 1.26 bits per heavy atom. The van der Waals surface area contributed by atoms with Gasteiger partial charge in [-0.1, -0.05) is 0 Å². The molecule has 2 aromatic heterocycles. The Kier molecular flexibility index (Phi) is 5.59. The number of amides is 2. The van der Waals surface area contributed by atoms with Crippen molar-refractivity contribution in [1.29, 1.82) is 0 Å². The normalized spacial score (nSPS) is 13.9. The largest absolute Gasteiger partial charge is 0.492 e. The van der Waals surface area contributed by atoms with E-state index in [-0.39, 0.29) is 5.75 Å². The molecule has 0 unspecified atom stereocenters. The van der Waals surface area contributed by atoms with Gasteiger partial charge in [0.05, 0.1) is 18.6 Å². The number of hydrogen-bond donors (Lipinski definition) is 1. The lowest BCUT2D eigenvalue weighted by Crippen LogP contribution is -2.40. The smallest absolute Gasteiger partial charge is 0.320 e. The fourth-order valence-corrected chi connectivity index (χ4v) is 3.65. The lowest BCUT2D eigenvalue weighted by molar-refractivity contribution is 0.253. The first-order valence-corrected chi connectivity index (χ1v) is 10.7. The molecule has 0 spiro atoms. The van der Waals surface area contributed by atoms with Crippen molar-refractivity contribution in [2.75, 3.05) is 30.1 Å². The summed E-state index contributed by atoms with van der Waals surface area (Å²) in [4.78, 5) is 21.6. The van der Waals surface area contributed by atoms with E-state index in [2.05, 4.69) is 9.97 Å².